The molecule has 4 nitrogen and oxygen atoms in total. The van der Waals surface area contributed by atoms with Gasteiger partial charge in [-0.3, -0.25) is 0 Å². The molecular formula is C25H60O4. The summed E-state index contributed by atoms with van der Waals surface area (Å²) in [6.45, 7) is 25.6. The lowest BCUT2D eigenvalue weighted by atomic mass is 10.2. The van der Waals surface area contributed by atoms with Crippen molar-refractivity contribution in [1.29, 1.82) is 0 Å². The van der Waals surface area contributed by atoms with E-state index in [0.717, 1.165) is 32.2 Å². The number of hydrogen-bond acceptors (Lipinski definition) is 4. The second kappa shape index (κ2) is 42.0. The second-order valence-corrected chi connectivity index (χ2v) is 8.11. The van der Waals surface area contributed by atoms with E-state index in [4.69, 9.17) is 18.9 Å². The van der Waals surface area contributed by atoms with E-state index >= 15 is 0 Å². The van der Waals surface area contributed by atoms with E-state index < -0.39 is 0 Å². The molecule has 184 valence electrons. The fourth-order valence-corrected chi connectivity index (χ4v) is 0.999. The molecule has 0 atom stereocenters. The molecule has 0 saturated heterocycles. The van der Waals surface area contributed by atoms with Crippen molar-refractivity contribution in [3.63, 3.8) is 0 Å². The van der Waals surface area contributed by atoms with Crippen molar-refractivity contribution in [2.75, 3.05) is 54.4 Å². The van der Waals surface area contributed by atoms with Gasteiger partial charge in [0.1, 0.15) is 0 Å². The Balaban J connectivity index is -0.0000000857. The lowest BCUT2D eigenvalue weighted by molar-refractivity contribution is 0.0572. The van der Waals surface area contributed by atoms with Gasteiger partial charge in [0.05, 0.1) is 13.2 Å². The molecule has 4 heteroatoms. The Kier molecular flexibility index (Phi) is 57.0. The van der Waals surface area contributed by atoms with Gasteiger partial charge in [-0.05, 0) is 24.2 Å². The van der Waals surface area contributed by atoms with Crippen LogP contribution in [0.1, 0.15) is 94.9 Å². The van der Waals surface area contributed by atoms with Crippen LogP contribution < -0.4 is 0 Å². The molecule has 0 rings (SSSR count). The first-order valence-corrected chi connectivity index (χ1v) is 11.7. The largest absolute Gasteiger partial charge is 0.385 e. The van der Waals surface area contributed by atoms with Crippen molar-refractivity contribution in [2.24, 2.45) is 17.8 Å². The first-order valence-electron chi connectivity index (χ1n) is 11.7. The SMILES string of the molecule is CCC(C)C.CCCC.CCCOC.COCC(C)C.COCCOCC(C)C. The zero-order valence-electron chi connectivity index (χ0n) is 22.7. The molecule has 0 aliphatic carbocycles. The summed E-state index contributed by atoms with van der Waals surface area (Å²) < 4.78 is 19.5. The Labute approximate surface area is 186 Å². The lowest BCUT2D eigenvalue weighted by Crippen LogP contribution is -2.06. The van der Waals surface area contributed by atoms with Gasteiger partial charge in [0.2, 0.25) is 0 Å². The van der Waals surface area contributed by atoms with Crippen molar-refractivity contribution in [3.8, 4) is 0 Å². The van der Waals surface area contributed by atoms with Crippen LogP contribution in [-0.2, 0) is 18.9 Å². The normalized spacial score (nSPS) is 9.52. The van der Waals surface area contributed by atoms with E-state index in [9.17, 15) is 0 Å². The first kappa shape index (κ1) is 39.3. The molecule has 0 aromatic heterocycles. The molecule has 0 amide bonds. The van der Waals surface area contributed by atoms with Gasteiger partial charge >= 0.3 is 0 Å². The third kappa shape index (κ3) is 97.0. The van der Waals surface area contributed by atoms with Crippen LogP contribution in [0.25, 0.3) is 0 Å². The average molecular weight is 425 g/mol. The topological polar surface area (TPSA) is 36.9 Å². The maximum atomic E-state index is 5.21. The molecule has 0 saturated carbocycles. The average Bonchev–Trinajstić information content (AvgIpc) is 2.67. The molecule has 0 bridgehead atoms. The fourth-order valence-electron chi connectivity index (χ4n) is 0.999. The summed E-state index contributed by atoms with van der Waals surface area (Å²) in [5, 5.41) is 0. The molecule has 0 aromatic carbocycles. The highest BCUT2D eigenvalue weighted by Gasteiger charge is 1.91. The smallest absolute Gasteiger partial charge is 0.0700 e. The number of methoxy groups -OCH3 is 3. The minimum atomic E-state index is 0.627. The highest BCUT2D eigenvalue weighted by atomic mass is 16.5. The standard InChI is InChI=1S/C7H16O2.C5H12O.C5H12.C4H10O.C4H10/c1-7(2)6-9-5-4-8-3;1-5(2)4-6-3;1-4-5(2)3;1-3-4-5-2;1-3-4-2/h7H,4-6H2,1-3H3;5H,4H2,1-3H3;5H,4H2,1-3H3;3-4H2,1-2H3;3-4H2,1-2H3. The van der Waals surface area contributed by atoms with E-state index in [1.165, 1.54) is 19.3 Å². The molecule has 0 spiro atoms. The van der Waals surface area contributed by atoms with E-state index in [0.29, 0.717) is 25.0 Å². The predicted molar refractivity (Wildman–Crippen MR) is 132 cm³/mol. The van der Waals surface area contributed by atoms with Gasteiger partial charge in [-0.1, -0.05) is 88.5 Å². The van der Waals surface area contributed by atoms with Crippen molar-refractivity contribution < 1.29 is 18.9 Å². The molecule has 0 fully saturated rings. The van der Waals surface area contributed by atoms with Crippen LogP contribution >= 0.6 is 0 Å². The summed E-state index contributed by atoms with van der Waals surface area (Å²) in [5.74, 6) is 2.19. The van der Waals surface area contributed by atoms with Crippen LogP contribution in [0.15, 0.2) is 0 Å². The minimum absolute atomic E-state index is 0.627. The van der Waals surface area contributed by atoms with Crippen LogP contribution in [0.3, 0.4) is 0 Å². The maximum absolute atomic E-state index is 5.21. The molecule has 0 aromatic rings. The Morgan fingerprint density at radius 2 is 0.897 bits per heavy atom. The highest BCUT2D eigenvalue weighted by molar-refractivity contribution is 4.38. The van der Waals surface area contributed by atoms with E-state index in [-0.39, 0.29) is 0 Å². The maximum Gasteiger partial charge on any atom is 0.0700 e. The number of ether oxygens (including phenoxy) is 4. The van der Waals surface area contributed by atoms with Gasteiger partial charge in [0.25, 0.3) is 0 Å². The van der Waals surface area contributed by atoms with Crippen LogP contribution in [0.4, 0.5) is 0 Å². The predicted octanol–water partition coefficient (Wildman–Crippen LogP) is 7.50. The van der Waals surface area contributed by atoms with Crippen LogP contribution in [0.5, 0.6) is 0 Å². The molecule has 0 unspecified atom stereocenters. The molecule has 0 aliphatic heterocycles. The van der Waals surface area contributed by atoms with Crippen molar-refractivity contribution >= 4 is 0 Å². The third-order valence-electron chi connectivity index (χ3n) is 3.11. The highest BCUT2D eigenvalue weighted by Crippen LogP contribution is 1.94. The van der Waals surface area contributed by atoms with Crippen LogP contribution in [0, 0.1) is 17.8 Å². The first-order chi connectivity index (χ1) is 13.6. The number of hydrogen-bond donors (Lipinski definition) is 0. The fraction of sp³-hybridized carbons (Fsp3) is 1.00. The van der Waals surface area contributed by atoms with Crippen molar-refractivity contribution in [3.05, 3.63) is 0 Å². The second-order valence-electron chi connectivity index (χ2n) is 8.11. The van der Waals surface area contributed by atoms with Crippen molar-refractivity contribution in [2.45, 2.75) is 94.9 Å². The quantitative estimate of drug-likeness (QED) is 0.322. The van der Waals surface area contributed by atoms with E-state index in [1.54, 1.807) is 21.3 Å². The molecule has 0 radical (unpaired) electrons. The minimum Gasteiger partial charge on any atom is -0.385 e. The Morgan fingerprint density at radius 1 is 0.483 bits per heavy atom. The summed E-state index contributed by atoms with van der Waals surface area (Å²) in [4.78, 5) is 0. The summed E-state index contributed by atoms with van der Waals surface area (Å²) >= 11 is 0. The summed E-state index contributed by atoms with van der Waals surface area (Å²) in [6.07, 6.45) is 5.07. The zero-order chi connectivity index (χ0) is 23.9. The summed E-state index contributed by atoms with van der Waals surface area (Å²) in [7, 11) is 5.11. The Bertz CT molecular complexity index is 203. The van der Waals surface area contributed by atoms with Gasteiger partial charge < -0.3 is 18.9 Å². The Hall–Kier alpha value is -0.160. The van der Waals surface area contributed by atoms with Crippen LogP contribution in [0.2, 0.25) is 0 Å². The summed E-state index contributed by atoms with van der Waals surface area (Å²) in [5.41, 5.74) is 0. The zero-order valence-corrected chi connectivity index (χ0v) is 22.7. The van der Waals surface area contributed by atoms with Gasteiger partial charge in [0, 0.05) is 41.2 Å². The Morgan fingerprint density at radius 3 is 1.03 bits per heavy atom. The van der Waals surface area contributed by atoms with Crippen LogP contribution in [-0.4, -0.2) is 54.4 Å². The molecule has 29 heavy (non-hydrogen) atoms. The lowest BCUT2D eigenvalue weighted by Gasteiger charge is -2.04. The van der Waals surface area contributed by atoms with Crippen molar-refractivity contribution in [1.82, 2.24) is 0 Å². The van der Waals surface area contributed by atoms with Gasteiger partial charge in [-0.2, -0.15) is 0 Å². The molecular weight excluding hydrogens is 364 g/mol. The van der Waals surface area contributed by atoms with Gasteiger partial charge in [-0.15, -0.1) is 0 Å². The summed E-state index contributed by atoms with van der Waals surface area (Å²) in [6, 6.07) is 0. The number of unbranched alkanes of at least 4 members (excludes halogenated alkanes) is 1. The molecule has 0 N–H and O–H groups in total. The molecule has 0 aliphatic rings. The van der Waals surface area contributed by atoms with E-state index in [2.05, 4.69) is 69.2 Å². The molecule has 0 heterocycles. The monoisotopic (exact) mass is 424 g/mol. The number of rotatable bonds is 11. The van der Waals surface area contributed by atoms with Gasteiger partial charge in [-0.25, -0.2) is 0 Å². The third-order valence-corrected chi connectivity index (χ3v) is 3.11. The van der Waals surface area contributed by atoms with Gasteiger partial charge in [0.15, 0.2) is 0 Å². The van der Waals surface area contributed by atoms with E-state index in [1.807, 2.05) is 0 Å².